The van der Waals surface area contributed by atoms with Gasteiger partial charge in [-0.3, -0.25) is 4.79 Å². The Morgan fingerprint density at radius 1 is 0.971 bits per heavy atom. The quantitative estimate of drug-likeness (QED) is 0.272. The maximum absolute atomic E-state index is 13.1. The Morgan fingerprint density at radius 2 is 1.74 bits per heavy atom. The van der Waals surface area contributed by atoms with Crippen LogP contribution in [0.3, 0.4) is 0 Å². The lowest BCUT2D eigenvalue weighted by Crippen LogP contribution is -2.25. The molecule has 1 amide bonds. The van der Waals surface area contributed by atoms with E-state index in [1.54, 1.807) is 0 Å². The predicted molar refractivity (Wildman–Crippen MR) is 141 cm³/mol. The van der Waals surface area contributed by atoms with Crippen LogP contribution in [-0.2, 0) is 17.8 Å². The predicted octanol–water partition coefficient (Wildman–Crippen LogP) is 6.29. The molecule has 2 heterocycles. The molecule has 0 saturated carbocycles. The van der Waals surface area contributed by atoms with Crippen molar-refractivity contribution in [3.05, 3.63) is 89.7 Å². The lowest BCUT2D eigenvalue weighted by molar-refractivity contribution is -0.117. The van der Waals surface area contributed by atoms with Gasteiger partial charge >= 0.3 is 0 Å². The van der Waals surface area contributed by atoms with E-state index in [0.29, 0.717) is 19.6 Å². The molecule has 1 unspecified atom stereocenters. The number of rotatable bonds is 9. The Morgan fingerprint density at radius 3 is 2.57 bits per heavy atom. The van der Waals surface area contributed by atoms with E-state index in [0.717, 1.165) is 54.1 Å². The van der Waals surface area contributed by atoms with Gasteiger partial charge in [0.2, 0.25) is 5.91 Å². The summed E-state index contributed by atoms with van der Waals surface area (Å²) >= 11 is 0. The van der Waals surface area contributed by atoms with Crippen LogP contribution in [0, 0.1) is 6.92 Å². The third-order valence-corrected chi connectivity index (χ3v) is 6.90. The number of hydrogen-bond donors (Lipinski definition) is 0. The largest absolute Gasteiger partial charge is 0.494 e. The summed E-state index contributed by atoms with van der Waals surface area (Å²) in [6.07, 6.45) is 3.35. The van der Waals surface area contributed by atoms with Crippen LogP contribution in [-0.4, -0.2) is 28.6 Å². The number of ether oxygens (including phenoxy) is 1. The standard InChI is InChI=1S/C30H33N3O2/c1-3-23-10-4-6-12-27(23)33-21-24(20-29(33)34)30-31-26-11-5-7-13-28(26)32(30)18-8-9-19-35-25-16-14-22(2)15-17-25/h4-7,10-17,24H,3,8-9,18-21H2,1-2H3. The Labute approximate surface area is 207 Å². The van der Waals surface area contributed by atoms with Gasteiger partial charge in [0.05, 0.1) is 17.6 Å². The fourth-order valence-corrected chi connectivity index (χ4v) is 5.02. The molecule has 180 valence electrons. The molecule has 5 rings (SSSR count). The lowest BCUT2D eigenvalue weighted by atomic mass is 10.1. The van der Waals surface area contributed by atoms with E-state index in [1.807, 2.05) is 35.2 Å². The van der Waals surface area contributed by atoms with Crippen molar-refractivity contribution in [2.75, 3.05) is 18.1 Å². The zero-order chi connectivity index (χ0) is 24.2. The highest BCUT2D eigenvalue weighted by atomic mass is 16.5. The second kappa shape index (κ2) is 10.3. The number of anilines is 1. The summed E-state index contributed by atoms with van der Waals surface area (Å²) in [5.41, 5.74) is 5.63. The van der Waals surface area contributed by atoms with E-state index in [1.165, 1.54) is 11.1 Å². The van der Waals surface area contributed by atoms with Crippen molar-refractivity contribution in [3.8, 4) is 5.75 Å². The van der Waals surface area contributed by atoms with E-state index in [9.17, 15) is 4.79 Å². The monoisotopic (exact) mass is 467 g/mol. The molecule has 0 spiro atoms. The molecule has 0 radical (unpaired) electrons. The highest BCUT2D eigenvalue weighted by molar-refractivity contribution is 5.97. The van der Waals surface area contributed by atoms with Crippen LogP contribution in [0.4, 0.5) is 5.69 Å². The Balaban J connectivity index is 1.30. The molecule has 5 heteroatoms. The lowest BCUT2D eigenvalue weighted by Gasteiger charge is -2.20. The normalized spacial score (nSPS) is 15.8. The molecule has 35 heavy (non-hydrogen) atoms. The molecule has 1 aliphatic heterocycles. The number of aryl methyl sites for hydroxylation is 3. The molecule has 0 bridgehead atoms. The first-order chi connectivity index (χ1) is 17.1. The van der Waals surface area contributed by atoms with Gasteiger partial charge in [0.25, 0.3) is 0 Å². The fourth-order valence-electron chi connectivity index (χ4n) is 5.02. The molecule has 1 aromatic heterocycles. The molecule has 1 atom stereocenters. The SMILES string of the molecule is CCc1ccccc1N1CC(c2nc3ccccc3n2CCCCOc2ccc(C)cc2)CC1=O. The Bertz CT molecular complexity index is 1310. The van der Waals surface area contributed by atoms with Gasteiger partial charge in [0.15, 0.2) is 0 Å². The second-order valence-electron chi connectivity index (χ2n) is 9.37. The number of benzene rings is 3. The fraction of sp³-hybridized carbons (Fsp3) is 0.333. The van der Waals surface area contributed by atoms with Crippen molar-refractivity contribution in [1.29, 1.82) is 0 Å². The first kappa shape index (κ1) is 23.2. The van der Waals surface area contributed by atoms with Crippen LogP contribution < -0.4 is 9.64 Å². The summed E-state index contributed by atoms with van der Waals surface area (Å²) in [6, 6.07) is 24.7. The summed E-state index contributed by atoms with van der Waals surface area (Å²) in [5.74, 6) is 2.21. The minimum Gasteiger partial charge on any atom is -0.494 e. The van der Waals surface area contributed by atoms with Gasteiger partial charge < -0.3 is 14.2 Å². The van der Waals surface area contributed by atoms with Gasteiger partial charge in [0, 0.05) is 31.1 Å². The second-order valence-corrected chi connectivity index (χ2v) is 9.37. The number of carbonyl (C=O) groups excluding carboxylic acids is 1. The molecule has 3 aromatic carbocycles. The van der Waals surface area contributed by atoms with Gasteiger partial charge in [-0.1, -0.05) is 55.0 Å². The van der Waals surface area contributed by atoms with Gasteiger partial charge in [-0.05, 0) is 62.1 Å². The topological polar surface area (TPSA) is 47.4 Å². The highest BCUT2D eigenvalue weighted by Gasteiger charge is 2.35. The van der Waals surface area contributed by atoms with Crippen molar-refractivity contribution in [1.82, 2.24) is 9.55 Å². The zero-order valence-electron chi connectivity index (χ0n) is 20.6. The van der Waals surface area contributed by atoms with Crippen LogP contribution in [0.5, 0.6) is 5.75 Å². The highest BCUT2D eigenvalue weighted by Crippen LogP contribution is 2.35. The van der Waals surface area contributed by atoms with Crippen molar-refractivity contribution in [2.24, 2.45) is 0 Å². The maximum atomic E-state index is 13.1. The van der Waals surface area contributed by atoms with E-state index in [4.69, 9.17) is 9.72 Å². The number of nitrogens with zero attached hydrogens (tertiary/aromatic N) is 3. The van der Waals surface area contributed by atoms with Crippen molar-refractivity contribution in [3.63, 3.8) is 0 Å². The van der Waals surface area contributed by atoms with Gasteiger partial charge in [0.1, 0.15) is 11.6 Å². The minimum absolute atomic E-state index is 0.0867. The molecule has 1 saturated heterocycles. The number of aromatic nitrogens is 2. The van der Waals surface area contributed by atoms with Crippen LogP contribution in [0.1, 0.15) is 49.1 Å². The summed E-state index contributed by atoms with van der Waals surface area (Å²) < 4.78 is 8.25. The number of amides is 1. The minimum atomic E-state index is 0.0867. The molecular formula is C30H33N3O2. The summed E-state index contributed by atoms with van der Waals surface area (Å²) in [4.78, 5) is 20.0. The maximum Gasteiger partial charge on any atom is 0.227 e. The molecular weight excluding hydrogens is 434 g/mol. The van der Waals surface area contributed by atoms with E-state index < -0.39 is 0 Å². The van der Waals surface area contributed by atoms with Crippen LogP contribution in [0.2, 0.25) is 0 Å². The van der Waals surface area contributed by atoms with Crippen LogP contribution >= 0.6 is 0 Å². The van der Waals surface area contributed by atoms with Crippen molar-refractivity contribution in [2.45, 2.75) is 52.0 Å². The van der Waals surface area contributed by atoms with Gasteiger partial charge in [-0.25, -0.2) is 4.98 Å². The third-order valence-electron chi connectivity index (χ3n) is 6.90. The first-order valence-electron chi connectivity index (χ1n) is 12.7. The smallest absolute Gasteiger partial charge is 0.227 e. The summed E-state index contributed by atoms with van der Waals surface area (Å²) in [7, 11) is 0. The number of hydrogen-bond acceptors (Lipinski definition) is 3. The van der Waals surface area contributed by atoms with Crippen molar-refractivity contribution < 1.29 is 9.53 Å². The van der Waals surface area contributed by atoms with Crippen LogP contribution in [0.25, 0.3) is 11.0 Å². The average molecular weight is 468 g/mol. The molecule has 5 nitrogen and oxygen atoms in total. The Hall–Kier alpha value is -3.60. The average Bonchev–Trinajstić information content (AvgIpc) is 3.45. The number of carbonyl (C=O) groups is 1. The Kier molecular flexibility index (Phi) is 6.84. The number of unbranched alkanes of at least 4 members (excludes halogenated alkanes) is 1. The van der Waals surface area contributed by atoms with E-state index in [-0.39, 0.29) is 11.8 Å². The number of imidazole rings is 1. The number of fused-ring (bicyclic) bond motifs is 1. The number of para-hydroxylation sites is 3. The van der Waals surface area contributed by atoms with E-state index >= 15 is 0 Å². The molecule has 1 fully saturated rings. The molecule has 1 aliphatic rings. The molecule has 4 aromatic rings. The summed E-state index contributed by atoms with van der Waals surface area (Å²) in [5, 5.41) is 0. The van der Waals surface area contributed by atoms with Crippen molar-refractivity contribution >= 4 is 22.6 Å². The summed E-state index contributed by atoms with van der Waals surface area (Å²) in [6.45, 7) is 6.45. The first-order valence-corrected chi connectivity index (χ1v) is 12.7. The molecule has 0 N–H and O–H groups in total. The zero-order valence-corrected chi connectivity index (χ0v) is 20.6. The third kappa shape index (κ3) is 4.95. The van der Waals surface area contributed by atoms with Gasteiger partial charge in [-0.15, -0.1) is 0 Å². The van der Waals surface area contributed by atoms with Gasteiger partial charge in [-0.2, -0.15) is 0 Å². The molecule has 0 aliphatic carbocycles. The van der Waals surface area contributed by atoms with E-state index in [2.05, 4.69) is 60.9 Å². The van der Waals surface area contributed by atoms with Crippen LogP contribution in [0.15, 0.2) is 72.8 Å².